The van der Waals surface area contributed by atoms with Gasteiger partial charge in [-0.1, -0.05) is 131 Å². The first kappa shape index (κ1) is 101. The number of anilines is 3. The van der Waals surface area contributed by atoms with Crippen LogP contribution in [0.5, 0.6) is 17.2 Å². The van der Waals surface area contributed by atoms with Gasteiger partial charge in [0.2, 0.25) is 47.8 Å². The number of hydrogen-bond donors (Lipinski definition) is 6. The van der Waals surface area contributed by atoms with Crippen molar-refractivity contribution in [3.05, 3.63) is 264 Å². The number of amides is 3. The zero-order valence-electron chi connectivity index (χ0n) is 73.2. The molecule has 9 aromatic carbocycles. The molecule has 6 aliphatic rings. The lowest BCUT2D eigenvalue weighted by Crippen LogP contribution is -2.48. The Balaban J connectivity index is 0.000000171. The second kappa shape index (κ2) is 41.7. The number of phenols is 3. The predicted octanol–water partition coefficient (Wildman–Crippen LogP) is 18.9. The largest absolute Gasteiger partial charge is 0.507 e. The Labute approximate surface area is 770 Å². The smallest absolute Gasteiger partial charge is 0.339 e. The SMILES string of the molecule is Cc1c(F)c(F)c(F)c(S(=O)(=O)N2CCC[C@H]2C(=O)N(Cc2ccc(C3CCCCC3)cc2)c2ccc(C(=O)O)c(O)c2)c1F.Cc1c(F)c(F)c(S(=O)(=O)N2CC[C@@H](C(=O)N(Cc3ccc(C4CCCCC4)cc3)c3ccc(C(=O)O)c(O)c3)C2)c(F)c1F.Cc1c(F)c(F)c(S(=O)(=O)N2CC[C@H](C(=O)N(Cc3ccc(C4CCCCC4)cc3)c3ccc(C(=O)O)c(O)c3)C2)c(F)c1F. The molecule has 15 rings (SSSR count). The summed E-state index contributed by atoms with van der Waals surface area (Å²) in [5, 5.41) is 59.1. The minimum absolute atomic E-state index is 0.0173. The number of aromatic carboxylic acids is 3. The van der Waals surface area contributed by atoms with Gasteiger partial charge in [0, 0.05) is 84.7 Å². The molecule has 135 heavy (non-hydrogen) atoms. The standard InChI is InChI=1S/3C32H32F4N2O6S/c1-18-26(33)28(35)29(36)30(27(18)34)45(43,44)38-15-5-8-24(38)31(40)37(22-13-14-23(32(41)42)25(39)16-22)17-19-9-11-21(12-10-19)20-6-3-2-4-7-20;2*1-18-26(33)28(35)30(29(36)27(18)34)45(43,44)37-14-13-22(17-37)31(40)38(23-11-12-24(32(41)42)25(39)15-23)16-19-7-9-21(10-8-19)20-5-3-2-4-6-20/h9-14,16,20,24,39H,2-8,15,17H2,1H3,(H,41,42);2*7-12,15,20,22,39H,2-6,13-14,16-17H2,1H3,(H,41,42)/t24-;2*22-/m010/s1. The van der Waals surface area contributed by atoms with Crippen molar-refractivity contribution in [1.29, 1.82) is 0 Å². The minimum Gasteiger partial charge on any atom is -0.507 e. The van der Waals surface area contributed by atoms with Crippen LogP contribution in [0.3, 0.4) is 0 Å². The van der Waals surface area contributed by atoms with Gasteiger partial charge in [-0.3, -0.25) is 14.4 Å². The van der Waals surface area contributed by atoms with E-state index in [1.807, 2.05) is 72.8 Å². The summed E-state index contributed by atoms with van der Waals surface area (Å²) < 4.78 is 255. The normalized spacial score (nSPS) is 17.8. The Morgan fingerprint density at radius 2 is 0.593 bits per heavy atom. The van der Waals surface area contributed by atoms with Crippen LogP contribution in [-0.2, 0) is 64.1 Å². The molecule has 0 bridgehead atoms. The summed E-state index contributed by atoms with van der Waals surface area (Å²) in [5.41, 5.74) is 1.67. The average molecular weight is 1950 g/mol. The van der Waals surface area contributed by atoms with E-state index < -0.39 is 221 Å². The number of halogens is 12. The predicted molar refractivity (Wildman–Crippen MR) is 469 cm³/mol. The molecule has 6 fully saturated rings. The summed E-state index contributed by atoms with van der Waals surface area (Å²) in [7, 11) is -15.4. The number of carbonyl (C=O) groups excluding carboxylic acids is 3. The van der Waals surface area contributed by atoms with E-state index in [2.05, 4.69) is 0 Å². The molecule has 3 aliphatic carbocycles. The van der Waals surface area contributed by atoms with Gasteiger partial charge in [-0.15, -0.1) is 0 Å². The topological polar surface area (TPSA) is 346 Å². The Kier molecular flexibility index (Phi) is 31.1. The number of hydrogen-bond acceptors (Lipinski definition) is 15. The molecule has 24 nitrogen and oxygen atoms in total. The van der Waals surface area contributed by atoms with Crippen molar-refractivity contribution < 1.29 is 137 Å². The Hall–Kier alpha value is -11.9. The van der Waals surface area contributed by atoms with Crippen molar-refractivity contribution in [3.63, 3.8) is 0 Å². The van der Waals surface area contributed by atoms with Crippen LogP contribution in [0.25, 0.3) is 0 Å². The molecule has 0 aromatic heterocycles. The fraction of sp³-hybridized carbons (Fsp3) is 0.375. The number of benzene rings is 9. The molecular weight excluding hydrogens is 1850 g/mol. The molecule has 0 unspecified atom stereocenters. The van der Waals surface area contributed by atoms with Crippen molar-refractivity contribution in [3.8, 4) is 17.2 Å². The Morgan fingerprint density at radius 3 is 0.889 bits per heavy atom. The van der Waals surface area contributed by atoms with Crippen molar-refractivity contribution >= 4 is 82.8 Å². The van der Waals surface area contributed by atoms with Gasteiger partial charge >= 0.3 is 17.9 Å². The number of carboxylic acids is 3. The highest BCUT2D eigenvalue weighted by Crippen LogP contribution is 2.43. The fourth-order valence-corrected chi connectivity index (χ4v) is 23.5. The average Bonchev–Trinajstić information content (AvgIpc) is 1.71. The number of rotatable bonds is 24. The molecule has 0 radical (unpaired) electrons. The molecular formula is C96H96F12N6O18S3. The van der Waals surface area contributed by atoms with Crippen LogP contribution in [0.1, 0.15) is 221 Å². The zero-order chi connectivity index (χ0) is 97.9. The summed E-state index contributed by atoms with van der Waals surface area (Å²) in [5.74, 6) is -32.3. The molecule has 6 N–H and O–H groups in total. The van der Waals surface area contributed by atoms with Crippen molar-refractivity contribution in [2.24, 2.45) is 11.8 Å². The monoisotopic (exact) mass is 1940 g/mol. The first-order valence-electron chi connectivity index (χ1n) is 43.8. The lowest BCUT2D eigenvalue weighted by Gasteiger charge is -2.31. The minimum atomic E-state index is -5.19. The van der Waals surface area contributed by atoms with Crippen LogP contribution in [0.15, 0.2) is 142 Å². The van der Waals surface area contributed by atoms with E-state index >= 15 is 0 Å². The second-order valence-corrected chi connectivity index (χ2v) is 40.2. The van der Waals surface area contributed by atoms with E-state index in [1.54, 1.807) is 0 Å². The summed E-state index contributed by atoms with van der Waals surface area (Å²) >= 11 is 0. The lowest BCUT2D eigenvalue weighted by molar-refractivity contribution is -0.122. The van der Waals surface area contributed by atoms with Crippen LogP contribution < -0.4 is 14.7 Å². The highest BCUT2D eigenvalue weighted by molar-refractivity contribution is 7.89. The van der Waals surface area contributed by atoms with E-state index in [4.69, 9.17) is 0 Å². The lowest BCUT2D eigenvalue weighted by atomic mass is 9.84. The molecule has 39 heteroatoms. The summed E-state index contributed by atoms with van der Waals surface area (Å²) in [6, 6.07) is 32.1. The molecule has 3 aliphatic heterocycles. The van der Waals surface area contributed by atoms with E-state index in [-0.39, 0.29) is 93.1 Å². The fourth-order valence-electron chi connectivity index (χ4n) is 18.4. The third kappa shape index (κ3) is 21.1. The number of carbonyl (C=O) groups is 6. The van der Waals surface area contributed by atoms with E-state index in [0.29, 0.717) is 47.4 Å². The molecule has 3 heterocycles. The Bertz CT molecular complexity index is 6110. The molecule has 3 saturated carbocycles. The maximum absolute atomic E-state index is 15.0. The maximum Gasteiger partial charge on any atom is 0.339 e. The van der Waals surface area contributed by atoms with Gasteiger partial charge < -0.3 is 45.3 Å². The van der Waals surface area contributed by atoms with E-state index in [0.717, 1.165) is 145 Å². The van der Waals surface area contributed by atoms with Crippen LogP contribution in [0, 0.1) is 102 Å². The first-order chi connectivity index (χ1) is 63.9. The van der Waals surface area contributed by atoms with Gasteiger partial charge in [-0.25, -0.2) is 92.3 Å². The Morgan fingerprint density at radius 1 is 0.319 bits per heavy atom. The van der Waals surface area contributed by atoms with Gasteiger partial charge in [-0.05, 0) is 173 Å². The molecule has 3 saturated heterocycles. The van der Waals surface area contributed by atoms with Gasteiger partial charge in [0.05, 0.1) is 31.5 Å². The molecule has 3 atom stereocenters. The quantitative estimate of drug-likeness (QED) is 0.0186. The van der Waals surface area contributed by atoms with Gasteiger partial charge in [0.15, 0.2) is 84.5 Å². The van der Waals surface area contributed by atoms with Crippen LogP contribution >= 0.6 is 0 Å². The van der Waals surface area contributed by atoms with E-state index in [1.165, 1.54) is 58.4 Å². The second-order valence-electron chi connectivity index (χ2n) is 34.6. The van der Waals surface area contributed by atoms with Crippen molar-refractivity contribution in [2.75, 3.05) is 47.4 Å². The number of nitrogens with zero attached hydrogens (tertiary/aromatic N) is 6. The highest BCUT2D eigenvalue weighted by Gasteiger charge is 2.48. The van der Waals surface area contributed by atoms with Gasteiger partial charge in [0.1, 0.15) is 40.0 Å². The number of aromatic hydroxyl groups is 3. The number of sulfonamides is 3. The molecule has 720 valence electrons. The third-order valence-corrected chi connectivity index (χ3v) is 31.8. The van der Waals surface area contributed by atoms with Gasteiger partial charge in [-0.2, -0.15) is 12.9 Å². The molecule has 9 aromatic rings. The van der Waals surface area contributed by atoms with Crippen LogP contribution in [-0.4, -0.2) is 143 Å². The van der Waals surface area contributed by atoms with Crippen LogP contribution in [0.2, 0.25) is 0 Å². The molecule has 3 amide bonds. The molecule has 0 spiro atoms. The van der Waals surface area contributed by atoms with Crippen molar-refractivity contribution in [2.45, 2.75) is 201 Å². The third-order valence-electron chi connectivity index (χ3n) is 26.1. The first-order valence-corrected chi connectivity index (χ1v) is 48.2. The summed E-state index contributed by atoms with van der Waals surface area (Å²) in [6.07, 6.45) is 17.0. The summed E-state index contributed by atoms with van der Waals surface area (Å²) in [6.45, 7) is 0.0499. The van der Waals surface area contributed by atoms with Crippen molar-refractivity contribution in [1.82, 2.24) is 12.9 Å². The summed E-state index contributed by atoms with van der Waals surface area (Å²) in [4.78, 5) is 74.9. The van der Waals surface area contributed by atoms with E-state index in [9.17, 15) is 137 Å². The van der Waals surface area contributed by atoms with Crippen LogP contribution in [0.4, 0.5) is 69.7 Å². The number of carboxylic acid groups (broad SMARTS) is 3. The zero-order valence-corrected chi connectivity index (χ0v) is 75.7. The maximum atomic E-state index is 15.0. The highest BCUT2D eigenvalue weighted by atomic mass is 32.2. The van der Waals surface area contributed by atoms with Gasteiger partial charge in [0.25, 0.3) is 0 Å².